The molecule has 7 heteroatoms. The SMILES string of the molecule is Cc1cc(NN)cc(C)c1S(=O)(=O)NCCCCN(C)C. The molecule has 0 aliphatic heterocycles. The van der Waals surface area contributed by atoms with Crippen LogP contribution in [0.5, 0.6) is 0 Å². The predicted molar refractivity (Wildman–Crippen MR) is 86.7 cm³/mol. The molecule has 0 aliphatic carbocycles. The second-order valence-electron chi connectivity index (χ2n) is 5.49. The minimum absolute atomic E-state index is 0.342. The van der Waals surface area contributed by atoms with E-state index in [4.69, 9.17) is 5.84 Å². The fourth-order valence-corrected chi connectivity index (χ4v) is 3.81. The van der Waals surface area contributed by atoms with Crippen LogP contribution < -0.4 is 16.0 Å². The van der Waals surface area contributed by atoms with E-state index in [9.17, 15) is 8.42 Å². The van der Waals surface area contributed by atoms with Crippen LogP contribution in [0.4, 0.5) is 5.69 Å². The van der Waals surface area contributed by atoms with Crippen molar-refractivity contribution in [2.45, 2.75) is 31.6 Å². The van der Waals surface area contributed by atoms with E-state index in [1.54, 1.807) is 26.0 Å². The summed E-state index contributed by atoms with van der Waals surface area (Å²) in [5.41, 5.74) is 4.61. The fourth-order valence-electron chi connectivity index (χ4n) is 2.29. The maximum absolute atomic E-state index is 12.4. The molecule has 21 heavy (non-hydrogen) atoms. The number of hydrazine groups is 1. The molecule has 0 saturated carbocycles. The normalized spacial score (nSPS) is 11.9. The van der Waals surface area contributed by atoms with E-state index in [1.165, 1.54) is 0 Å². The van der Waals surface area contributed by atoms with Gasteiger partial charge in [-0.25, -0.2) is 13.1 Å². The van der Waals surface area contributed by atoms with Crippen molar-refractivity contribution in [1.29, 1.82) is 0 Å². The van der Waals surface area contributed by atoms with Gasteiger partial charge in [-0.2, -0.15) is 0 Å². The van der Waals surface area contributed by atoms with Gasteiger partial charge < -0.3 is 10.3 Å². The summed E-state index contributed by atoms with van der Waals surface area (Å²) in [6.45, 7) is 4.95. The molecule has 0 aromatic heterocycles. The first-order valence-corrected chi connectivity index (χ1v) is 8.48. The number of hydrogen-bond acceptors (Lipinski definition) is 5. The van der Waals surface area contributed by atoms with E-state index in [2.05, 4.69) is 15.0 Å². The molecule has 0 heterocycles. The quantitative estimate of drug-likeness (QED) is 0.381. The van der Waals surface area contributed by atoms with Gasteiger partial charge in [0.15, 0.2) is 0 Å². The van der Waals surface area contributed by atoms with Gasteiger partial charge >= 0.3 is 0 Å². The van der Waals surface area contributed by atoms with Crippen LogP contribution in [0.1, 0.15) is 24.0 Å². The second-order valence-corrected chi connectivity index (χ2v) is 7.20. The highest BCUT2D eigenvalue weighted by molar-refractivity contribution is 7.89. The third-order valence-electron chi connectivity index (χ3n) is 3.22. The Hall–Kier alpha value is -1.15. The zero-order valence-corrected chi connectivity index (χ0v) is 14.0. The molecule has 0 saturated heterocycles. The van der Waals surface area contributed by atoms with Gasteiger partial charge in [-0.3, -0.25) is 5.84 Å². The minimum atomic E-state index is -3.48. The molecule has 0 amide bonds. The number of nitrogens with two attached hydrogens (primary N) is 1. The topological polar surface area (TPSA) is 87.5 Å². The molecule has 0 fully saturated rings. The zero-order chi connectivity index (χ0) is 16.0. The van der Waals surface area contributed by atoms with E-state index >= 15 is 0 Å². The summed E-state index contributed by atoms with van der Waals surface area (Å²) in [6, 6.07) is 3.46. The summed E-state index contributed by atoms with van der Waals surface area (Å²) in [5, 5.41) is 0. The number of hydrogen-bond donors (Lipinski definition) is 3. The molecule has 0 aliphatic rings. The number of nitrogens with one attached hydrogen (secondary N) is 2. The van der Waals surface area contributed by atoms with Crippen LogP contribution in [0.2, 0.25) is 0 Å². The highest BCUT2D eigenvalue weighted by atomic mass is 32.2. The molecular formula is C14H26N4O2S. The summed E-state index contributed by atoms with van der Waals surface area (Å²) in [4.78, 5) is 2.43. The number of benzene rings is 1. The smallest absolute Gasteiger partial charge is 0.241 e. The summed E-state index contributed by atoms with van der Waals surface area (Å²) >= 11 is 0. The summed E-state index contributed by atoms with van der Waals surface area (Å²) in [7, 11) is 0.528. The van der Waals surface area contributed by atoms with Crippen molar-refractivity contribution < 1.29 is 8.42 Å². The van der Waals surface area contributed by atoms with Crippen molar-refractivity contribution in [3.05, 3.63) is 23.3 Å². The number of rotatable bonds is 8. The van der Waals surface area contributed by atoms with E-state index < -0.39 is 10.0 Å². The second kappa shape index (κ2) is 7.74. The number of anilines is 1. The molecule has 120 valence electrons. The Bertz CT molecular complexity index is 547. The molecule has 6 nitrogen and oxygen atoms in total. The molecule has 0 spiro atoms. The van der Waals surface area contributed by atoms with Crippen molar-refractivity contribution in [1.82, 2.24) is 9.62 Å². The fraction of sp³-hybridized carbons (Fsp3) is 0.571. The van der Waals surface area contributed by atoms with Gasteiger partial charge in [0.1, 0.15) is 0 Å². The van der Waals surface area contributed by atoms with Crippen LogP contribution in [-0.4, -0.2) is 40.5 Å². The monoisotopic (exact) mass is 314 g/mol. The zero-order valence-electron chi connectivity index (χ0n) is 13.2. The Morgan fingerprint density at radius 1 is 1.14 bits per heavy atom. The Morgan fingerprint density at radius 2 is 1.71 bits per heavy atom. The molecular weight excluding hydrogens is 288 g/mol. The Balaban J connectivity index is 2.75. The molecule has 0 radical (unpaired) electrons. The highest BCUT2D eigenvalue weighted by Gasteiger charge is 2.19. The molecule has 4 N–H and O–H groups in total. The maximum Gasteiger partial charge on any atom is 0.241 e. The highest BCUT2D eigenvalue weighted by Crippen LogP contribution is 2.23. The first-order chi connectivity index (χ1) is 9.77. The maximum atomic E-state index is 12.4. The molecule has 0 bridgehead atoms. The summed E-state index contributed by atoms with van der Waals surface area (Å²) in [6.07, 6.45) is 1.78. The number of sulfonamides is 1. The molecule has 0 atom stereocenters. The number of unbranched alkanes of at least 4 members (excludes halogenated alkanes) is 1. The lowest BCUT2D eigenvalue weighted by Crippen LogP contribution is -2.27. The Morgan fingerprint density at radius 3 is 2.19 bits per heavy atom. The molecule has 1 aromatic rings. The molecule has 1 rings (SSSR count). The van der Waals surface area contributed by atoms with Crippen LogP contribution in [-0.2, 0) is 10.0 Å². The van der Waals surface area contributed by atoms with Crippen LogP contribution in [0, 0.1) is 13.8 Å². The van der Waals surface area contributed by atoms with Gasteiger partial charge in [-0.1, -0.05) is 0 Å². The first kappa shape index (κ1) is 17.9. The van der Waals surface area contributed by atoms with Gasteiger partial charge in [0.25, 0.3) is 0 Å². The van der Waals surface area contributed by atoms with Crippen LogP contribution in [0.15, 0.2) is 17.0 Å². The number of aryl methyl sites for hydroxylation is 2. The van der Waals surface area contributed by atoms with E-state index in [0.717, 1.165) is 19.4 Å². The third-order valence-corrected chi connectivity index (χ3v) is 4.99. The van der Waals surface area contributed by atoms with E-state index in [0.29, 0.717) is 28.3 Å². The van der Waals surface area contributed by atoms with Crippen LogP contribution in [0.3, 0.4) is 0 Å². The summed E-state index contributed by atoms with van der Waals surface area (Å²) < 4.78 is 27.5. The van der Waals surface area contributed by atoms with Crippen molar-refractivity contribution in [3.63, 3.8) is 0 Å². The lowest BCUT2D eigenvalue weighted by atomic mass is 10.1. The summed E-state index contributed by atoms with van der Waals surface area (Å²) in [5.74, 6) is 5.37. The van der Waals surface area contributed by atoms with Gasteiger partial charge in [0.2, 0.25) is 10.0 Å². The van der Waals surface area contributed by atoms with E-state index in [-0.39, 0.29) is 0 Å². The van der Waals surface area contributed by atoms with Crippen LogP contribution in [0.25, 0.3) is 0 Å². The minimum Gasteiger partial charge on any atom is -0.324 e. The van der Waals surface area contributed by atoms with Crippen molar-refractivity contribution in [2.75, 3.05) is 32.6 Å². The largest absolute Gasteiger partial charge is 0.324 e. The average molecular weight is 314 g/mol. The van der Waals surface area contributed by atoms with Crippen molar-refractivity contribution in [2.24, 2.45) is 5.84 Å². The number of nitrogen functional groups attached to an aromatic ring is 1. The first-order valence-electron chi connectivity index (χ1n) is 7.00. The Kier molecular flexibility index (Phi) is 6.60. The van der Waals surface area contributed by atoms with E-state index in [1.807, 2.05) is 14.1 Å². The molecule has 0 unspecified atom stereocenters. The predicted octanol–water partition coefficient (Wildman–Crippen LogP) is 1.21. The van der Waals surface area contributed by atoms with Crippen LogP contribution >= 0.6 is 0 Å². The van der Waals surface area contributed by atoms with Gasteiger partial charge in [0.05, 0.1) is 4.90 Å². The van der Waals surface area contributed by atoms with Crippen molar-refractivity contribution in [3.8, 4) is 0 Å². The van der Waals surface area contributed by atoms with Gasteiger partial charge in [0, 0.05) is 12.2 Å². The van der Waals surface area contributed by atoms with Gasteiger partial charge in [-0.05, 0) is 70.6 Å². The third kappa shape index (κ3) is 5.28. The lowest BCUT2D eigenvalue weighted by molar-refractivity contribution is 0.394. The number of nitrogens with zero attached hydrogens (tertiary/aromatic N) is 1. The standard InChI is InChI=1S/C14H26N4O2S/c1-11-9-13(17-15)10-12(2)14(11)21(19,20)16-7-5-6-8-18(3)4/h9-10,16-17H,5-8,15H2,1-4H3. The molecule has 1 aromatic carbocycles. The lowest BCUT2D eigenvalue weighted by Gasteiger charge is -2.14. The Labute approximate surface area is 127 Å². The average Bonchev–Trinajstić information content (AvgIpc) is 2.36. The van der Waals surface area contributed by atoms with Gasteiger partial charge in [-0.15, -0.1) is 0 Å². The van der Waals surface area contributed by atoms with Crippen molar-refractivity contribution >= 4 is 15.7 Å².